The van der Waals surface area contributed by atoms with Gasteiger partial charge in [-0.15, -0.1) is 0 Å². The molecule has 1 fully saturated rings. The Morgan fingerprint density at radius 1 is 1.12 bits per heavy atom. The number of amides is 1. The molecule has 3 heterocycles. The first-order chi connectivity index (χ1) is 16.2. The molecule has 1 saturated heterocycles. The number of aromatic nitrogens is 1. The second-order valence-electron chi connectivity index (χ2n) is 8.89. The molecule has 0 N–H and O–H groups in total. The Labute approximate surface area is 210 Å². The lowest BCUT2D eigenvalue weighted by Crippen LogP contribution is -2.49. The molecule has 186 valence electrons. The van der Waals surface area contributed by atoms with Crippen LogP contribution in [0.5, 0.6) is 0 Å². The molecule has 9 nitrogen and oxygen atoms in total. The highest BCUT2D eigenvalue weighted by Crippen LogP contribution is 2.31. The topological polar surface area (TPSA) is 90.2 Å². The third-order valence-corrected chi connectivity index (χ3v) is 8.84. The number of benzene rings is 1. The molecule has 4 rings (SSSR count). The number of rotatable bonds is 7. The Kier molecular flexibility index (Phi) is 7.85. The van der Waals surface area contributed by atoms with Gasteiger partial charge in [-0.25, -0.2) is 8.42 Å². The maximum Gasteiger partial charge on any atom is 0.276 e. The summed E-state index contributed by atoms with van der Waals surface area (Å²) in [5, 5.41) is 4.48. The zero-order valence-electron chi connectivity index (χ0n) is 19.3. The van der Waals surface area contributed by atoms with Gasteiger partial charge < -0.3 is 14.3 Å². The minimum absolute atomic E-state index is 0.0208. The predicted octanol–water partition coefficient (Wildman–Crippen LogP) is 2.44. The summed E-state index contributed by atoms with van der Waals surface area (Å²) >= 11 is 12.0. The minimum atomic E-state index is -3.83. The Bertz CT molecular complexity index is 1150. The molecule has 0 unspecified atom stereocenters. The number of halogens is 2. The first kappa shape index (κ1) is 25.4. The van der Waals surface area contributed by atoms with E-state index in [0.717, 1.165) is 32.6 Å². The van der Waals surface area contributed by atoms with E-state index < -0.39 is 10.0 Å². The Balaban J connectivity index is 1.43. The standard InChI is InChI=1S/C22H29Cl2N5O4S/c1-26(2)7-3-8-27-10-12-28(13-11-27)22(30)21-17-15-29(9-6-20(17)33-25-21)34(31,32)16-4-5-18(23)19(24)14-16/h4-5,14H,3,6-13,15H2,1-2H3. The van der Waals surface area contributed by atoms with Crippen molar-refractivity contribution in [1.82, 2.24) is 24.2 Å². The van der Waals surface area contributed by atoms with Crippen molar-refractivity contribution in [3.63, 3.8) is 0 Å². The molecule has 1 aromatic carbocycles. The van der Waals surface area contributed by atoms with E-state index in [0.29, 0.717) is 30.8 Å². The van der Waals surface area contributed by atoms with Crippen LogP contribution in [0.4, 0.5) is 0 Å². The Morgan fingerprint density at radius 2 is 1.85 bits per heavy atom. The lowest BCUT2D eigenvalue weighted by molar-refractivity contribution is 0.0622. The van der Waals surface area contributed by atoms with Crippen molar-refractivity contribution in [2.24, 2.45) is 0 Å². The quantitative estimate of drug-likeness (QED) is 0.543. The largest absolute Gasteiger partial charge is 0.360 e. The van der Waals surface area contributed by atoms with Crippen LogP contribution in [0.25, 0.3) is 0 Å². The van der Waals surface area contributed by atoms with Crippen molar-refractivity contribution < 1.29 is 17.7 Å². The summed E-state index contributed by atoms with van der Waals surface area (Å²) in [6.45, 7) is 5.10. The summed E-state index contributed by atoms with van der Waals surface area (Å²) in [5.74, 6) is 0.345. The van der Waals surface area contributed by atoms with E-state index in [4.69, 9.17) is 27.7 Å². The van der Waals surface area contributed by atoms with Crippen LogP contribution in [0.1, 0.15) is 28.2 Å². The maximum atomic E-state index is 13.2. The molecule has 2 aromatic rings. The van der Waals surface area contributed by atoms with Gasteiger partial charge in [-0.05, 0) is 51.8 Å². The zero-order valence-corrected chi connectivity index (χ0v) is 21.7. The van der Waals surface area contributed by atoms with Crippen molar-refractivity contribution in [2.75, 3.05) is 59.9 Å². The van der Waals surface area contributed by atoms with Crippen LogP contribution in [0.2, 0.25) is 10.0 Å². The number of hydrogen-bond donors (Lipinski definition) is 0. The van der Waals surface area contributed by atoms with Gasteiger partial charge in [0.05, 0.1) is 14.9 Å². The van der Waals surface area contributed by atoms with Gasteiger partial charge >= 0.3 is 0 Å². The molecule has 0 bridgehead atoms. The fourth-order valence-electron chi connectivity index (χ4n) is 4.28. The highest BCUT2D eigenvalue weighted by Gasteiger charge is 2.35. The highest BCUT2D eigenvalue weighted by atomic mass is 35.5. The fourth-order valence-corrected chi connectivity index (χ4v) is 6.08. The predicted molar refractivity (Wildman–Crippen MR) is 130 cm³/mol. The summed E-state index contributed by atoms with van der Waals surface area (Å²) in [6.07, 6.45) is 1.43. The molecule has 2 aliphatic heterocycles. The number of carbonyl (C=O) groups is 1. The average Bonchev–Trinajstić information content (AvgIpc) is 3.24. The van der Waals surface area contributed by atoms with E-state index in [9.17, 15) is 13.2 Å². The average molecular weight is 530 g/mol. The maximum absolute atomic E-state index is 13.2. The SMILES string of the molecule is CN(C)CCCN1CCN(C(=O)c2noc3c2CN(S(=O)(=O)c2ccc(Cl)c(Cl)c2)CC3)CC1. The molecular formula is C22H29Cl2N5O4S. The summed E-state index contributed by atoms with van der Waals surface area (Å²) in [7, 11) is 0.298. The number of fused-ring (bicyclic) bond motifs is 1. The van der Waals surface area contributed by atoms with Crippen molar-refractivity contribution in [1.29, 1.82) is 0 Å². The van der Waals surface area contributed by atoms with E-state index in [1.807, 2.05) is 0 Å². The van der Waals surface area contributed by atoms with Gasteiger partial charge in [0.25, 0.3) is 5.91 Å². The van der Waals surface area contributed by atoms with Gasteiger partial charge in [0.15, 0.2) is 5.69 Å². The van der Waals surface area contributed by atoms with Crippen LogP contribution in [-0.4, -0.2) is 98.4 Å². The minimum Gasteiger partial charge on any atom is -0.360 e. The third kappa shape index (κ3) is 5.42. The summed E-state index contributed by atoms with van der Waals surface area (Å²) in [4.78, 5) is 19.6. The molecule has 12 heteroatoms. The summed E-state index contributed by atoms with van der Waals surface area (Å²) in [6, 6.07) is 4.23. The molecular weight excluding hydrogens is 501 g/mol. The van der Waals surface area contributed by atoms with Gasteiger partial charge in [-0.3, -0.25) is 9.69 Å². The first-order valence-electron chi connectivity index (χ1n) is 11.3. The lowest BCUT2D eigenvalue weighted by Gasteiger charge is -2.34. The highest BCUT2D eigenvalue weighted by molar-refractivity contribution is 7.89. The Hall–Kier alpha value is -1.69. The Morgan fingerprint density at radius 3 is 2.53 bits per heavy atom. The molecule has 2 aliphatic rings. The van der Waals surface area contributed by atoms with Crippen LogP contribution >= 0.6 is 23.2 Å². The van der Waals surface area contributed by atoms with E-state index >= 15 is 0 Å². The van der Waals surface area contributed by atoms with E-state index in [1.54, 1.807) is 4.90 Å². The smallest absolute Gasteiger partial charge is 0.276 e. The third-order valence-electron chi connectivity index (χ3n) is 6.26. The molecule has 0 saturated carbocycles. The monoisotopic (exact) mass is 529 g/mol. The van der Waals surface area contributed by atoms with Crippen LogP contribution in [-0.2, 0) is 23.0 Å². The van der Waals surface area contributed by atoms with Crippen molar-refractivity contribution in [2.45, 2.75) is 24.3 Å². The number of hydrogen-bond acceptors (Lipinski definition) is 7. The first-order valence-corrected chi connectivity index (χ1v) is 13.5. The number of nitrogens with zero attached hydrogens (tertiary/aromatic N) is 5. The molecule has 1 aromatic heterocycles. The number of carbonyl (C=O) groups excluding carboxylic acids is 1. The van der Waals surface area contributed by atoms with Crippen LogP contribution in [0.15, 0.2) is 27.6 Å². The summed E-state index contributed by atoms with van der Waals surface area (Å²) in [5.41, 5.74) is 0.735. The van der Waals surface area contributed by atoms with Crippen LogP contribution in [0.3, 0.4) is 0 Å². The fraction of sp³-hybridized carbons (Fsp3) is 0.545. The molecule has 0 aliphatic carbocycles. The molecule has 0 spiro atoms. The molecule has 0 atom stereocenters. The van der Waals surface area contributed by atoms with Gasteiger partial charge in [-0.2, -0.15) is 4.31 Å². The summed E-state index contributed by atoms with van der Waals surface area (Å²) < 4.78 is 33.1. The van der Waals surface area contributed by atoms with Gasteiger partial charge in [0.2, 0.25) is 10.0 Å². The van der Waals surface area contributed by atoms with E-state index in [-0.39, 0.29) is 39.6 Å². The van der Waals surface area contributed by atoms with Crippen molar-refractivity contribution >= 4 is 39.1 Å². The van der Waals surface area contributed by atoms with Gasteiger partial charge in [0.1, 0.15) is 5.76 Å². The second-order valence-corrected chi connectivity index (χ2v) is 11.6. The van der Waals surface area contributed by atoms with Crippen LogP contribution < -0.4 is 0 Å². The molecule has 34 heavy (non-hydrogen) atoms. The second kappa shape index (κ2) is 10.5. The zero-order chi connectivity index (χ0) is 24.5. The normalized spacial score (nSPS) is 17.9. The number of sulfonamides is 1. The molecule has 1 amide bonds. The lowest BCUT2D eigenvalue weighted by atomic mass is 10.1. The molecule has 0 radical (unpaired) electrons. The van der Waals surface area contributed by atoms with Gasteiger partial charge in [-0.1, -0.05) is 28.4 Å². The number of piperazine rings is 1. The van der Waals surface area contributed by atoms with E-state index in [1.165, 1.54) is 22.5 Å². The van der Waals surface area contributed by atoms with Crippen molar-refractivity contribution in [3.05, 3.63) is 45.3 Å². The van der Waals surface area contributed by atoms with E-state index in [2.05, 4.69) is 29.1 Å². The van der Waals surface area contributed by atoms with Gasteiger partial charge in [0, 0.05) is 51.3 Å². The van der Waals surface area contributed by atoms with Crippen molar-refractivity contribution in [3.8, 4) is 0 Å². The van der Waals surface area contributed by atoms with Crippen LogP contribution in [0, 0.1) is 0 Å².